The minimum Gasteiger partial charge on any atom is -0.491 e. The van der Waals surface area contributed by atoms with Crippen LogP contribution < -0.4 is 15.0 Å². The van der Waals surface area contributed by atoms with Gasteiger partial charge in [0.15, 0.2) is 11.6 Å². The van der Waals surface area contributed by atoms with Crippen LogP contribution in [0.25, 0.3) is 16.9 Å². The molecule has 4 aromatic rings. The highest BCUT2D eigenvalue weighted by molar-refractivity contribution is 5.95. The van der Waals surface area contributed by atoms with Gasteiger partial charge in [-0.1, -0.05) is 36.4 Å². The molecule has 1 amide bonds. The van der Waals surface area contributed by atoms with Crippen molar-refractivity contribution >= 4 is 28.6 Å². The molecule has 160 valence electrons. The van der Waals surface area contributed by atoms with Crippen LogP contribution in [-0.4, -0.2) is 39.9 Å². The SMILES string of the molecule is COc1cnc(-n2c(N(C)C(=O)O)cc3c(C#N)cccc32)nc1NCc1ccccc1. The van der Waals surface area contributed by atoms with Gasteiger partial charge >= 0.3 is 6.09 Å². The maximum absolute atomic E-state index is 11.7. The van der Waals surface area contributed by atoms with Crippen molar-refractivity contribution in [2.75, 3.05) is 24.4 Å². The van der Waals surface area contributed by atoms with Gasteiger partial charge in [-0.05, 0) is 23.8 Å². The van der Waals surface area contributed by atoms with Crippen LogP contribution in [0, 0.1) is 11.3 Å². The molecule has 2 aromatic heterocycles. The summed E-state index contributed by atoms with van der Waals surface area (Å²) >= 11 is 0. The number of nitrogens with zero attached hydrogens (tertiary/aromatic N) is 5. The lowest BCUT2D eigenvalue weighted by Gasteiger charge is -2.17. The number of anilines is 2. The van der Waals surface area contributed by atoms with Gasteiger partial charge in [0.05, 0.1) is 30.5 Å². The second kappa shape index (κ2) is 8.65. The molecule has 4 rings (SSSR count). The molecule has 2 N–H and O–H groups in total. The summed E-state index contributed by atoms with van der Waals surface area (Å²) in [5, 5.41) is 22.9. The highest BCUT2D eigenvalue weighted by Gasteiger charge is 2.22. The Labute approximate surface area is 184 Å². The van der Waals surface area contributed by atoms with Crippen LogP contribution in [0.2, 0.25) is 0 Å². The van der Waals surface area contributed by atoms with E-state index in [-0.39, 0.29) is 5.95 Å². The van der Waals surface area contributed by atoms with E-state index in [9.17, 15) is 15.2 Å². The van der Waals surface area contributed by atoms with Crippen LogP contribution >= 0.6 is 0 Å². The molecule has 0 saturated carbocycles. The lowest BCUT2D eigenvalue weighted by Crippen LogP contribution is -2.26. The van der Waals surface area contributed by atoms with E-state index in [0.717, 1.165) is 10.5 Å². The lowest BCUT2D eigenvalue weighted by molar-refractivity contribution is 0.203. The van der Waals surface area contributed by atoms with Gasteiger partial charge in [0.25, 0.3) is 0 Å². The molecule has 0 spiro atoms. The Morgan fingerprint density at radius 1 is 1.25 bits per heavy atom. The zero-order valence-electron chi connectivity index (χ0n) is 17.5. The molecule has 32 heavy (non-hydrogen) atoms. The van der Waals surface area contributed by atoms with E-state index in [1.165, 1.54) is 20.4 Å². The third-order valence-electron chi connectivity index (χ3n) is 5.04. The fourth-order valence-corrected chi connectivity index (χ4v) is 3.40. The average molecular weight is 428 g/mol. The topological polar surface area (TPSA) is 116 Å². The first-order valence-corrected chi connectivity index (χ1v) is 9.74. The molecule has 0 aliphatic heterocycles. The van der Waals surface area contributed by atoms with Crippen LogP contribution in [0.1, 0.15) is 11.1 Å². The number of hydrogen-bond acceptors (Lipinski definition) is 6. The van der Waals surface area contributed by atoms with E-state index < -0.39 is 6.09 Å². The number of carboxylic acid groups (broad SMARTS) is 1. The Hall–Kier alpha value is -4.58. The molecule has 9 heteroatoms. The van der Waals surface area contributed by atoms with Crippen LogP contribution in [0.5, 0.6) is 5.75 Å². The number of rotatable bonds is 6. The zero-order valence-corrected chi connectivity index (χ0v) is 17.5. The Morgan fingerprint density at radius 2 is 2.03 bits per heavy atom. The molecule has 2 aromatic carbocycles. The molecule has 0 aliphatic rings. The molecular formula is C23H20N6O3. The minimum absolute atomic E-state index is 0.245. The fourth-order valence-electron chi connectivity index (χ4n) is 3.40. The van der Waals surface area contributed by atoms with Crippen molar-refractivity contribution in [2.45, 2.75) is 6.54 Å². The first-order chi connectivity index (χ1) is 15.5. The van der Waals surface area contributed by atoms with E-state index in [0.29, 0.717) is 40.4 Å². The first kappa shape index (κ1) is 20.7. The quantitative estimate of drug-likeness (QED) is 0.476. The molecule has 0 saturated heterocycles. The monoisotopic (exact) mass is 428 g/mol. The summed E-state index contributed by atoms with van der Waals surface area (Å²) in [7, 11) is 2.96. The molecule has 0 bridgehead atoms. The van der Waals surface area contributed by atoms with E-state index in [2.05, 4.69) is 21.4 Å². The fraction of sp³-hybridized carbons (Fsp3) is 0.130. The summed E-state index contributed by atoms with van der Waals surface area (Å²) in [5.74, 6) is 1.47. The molecule has 9 nitrogen and oxygen atoms in total. The van der Waals surface area contributed by atoms with E-state index in [1.807, 2.05) is 30.3 Å². The van der Waals surface area contributed by atoms with Crippen molar-refractivity contribution in [3.63, 3.8) is 0 Å². The van der Waals surface area contributed by atoms with Gasteiger partial charge in [-0.3, -0.25) is 9.47 Å². The Balaban J connectivity index is 1.85. The zero-order chi connectivity index (χ0) is 22.7. The number of methoxy groups -OCH3 is 1. The van der Waals surface area contributed by atoms with Gasteiger partial charge in [-0.15, -0.1) is 0 Å². The van der Waals surface area contributed by atoms with Crippen molar-refractivity contribution in [2.24, 2.45) is 0 Å². The molecular weight excluding hydrogens is 408 g/mol. The summed E-state index contributed by atoms with van der Waals surface area (Å²) in [4.78, 5) is 21.8. The number of benzene rings is 2. The Bertz CT molecular complexity index is 1330. The summed E-state index contributed by atoms with van der Waals surface area (Å²) < 4.78 is 7.01. The molecule has 2 heterocycles. The maximum atomic E-state index is 11.7. The van der Waals surface area contributed by atoms with Crippen LogP contribution in [0.4, 0.5) is 16.4 Å². The summed E-state index contributed by atoms with van der Waals surface area (Å²) in [6.07, 6.45) is 0.378. The summed E-state index contributed by atoms with van der Waals surface area (Å²) in [6, 6.07) is 18.8. The highest BCUT2D eigenvalue weighted by Crippen LogP contribution is 2.32. The Morgan fingerprint density at radius 3 is 2.72 bits per heavy atom. The third-order valence-corrected chi connectivity index (χ3v) is 5.04. The molecule has 0 atom stereocenters. The van der Waals surface area contributed by atoms with Crippen molar-refractivity contribution in [1.82, 2.24) is 14.5 Å². The predicted octanol–water partition coefficient (Wildman–Crippen LogP) is 4.03. The number of carbonyl (C=O) groups is 1. The van der Waals surface area contributed by atoms with Gasteiger partial charge < -0.3 is 15.2 Å². The van der Waals surface area contributed by atoms with Crippen LogP contribution in [0.15, 0.2) is 60.8 Å². The summed E-state index contributed by atoms with van der Waals surface area (Å²) in [6.45, 7) is 0.514. The number of nitriles is 1. The van der Waals surface area contributed by atoms with Gasteiger partial charge in [0, 0.05) is 19.0 Å². The smallest absolute Gasteiger partial charge is 0.412 e. The lowest BCUT2D eigenvalue weighted by atomic mass is 10.1. The summed E-state index contributed by atoms with van der Waals surface area (Å²) in [5.41, 5.74) is 2.11. The van der Waals surface area contributed by atoms with Crippen molar-refractivity contribution < 1.29 is 14.6 Å². The van der Waals surface area contributed by atoms with Crippen molar-refractivity contribution in [1.29, 1.82) is 5.26 Å². The van der Waals surface area contributed by atoms with Crippen LogP contribution in [0.3, 0.4) is 0 Å². The molecule has 0 aliphatic carbocycles. The maximum Gasteiger partial charge on any atom is 0.412 e. The number of amides is 1. The third kappa shape index (κ3) is 3.77. The van der Waals surface area contributed by atoms with Crippen LogP contribution in [-0.2, 0) is 6.54 Å². The van der Waals surface area contributed by atoms with Gasteiger partial charge in [-0.25, -0.2) is 9.78 Å². The van der Waals surface area contributed by atoms with Gasteiger partial charge in [0.2, 0.25) is 5.95 Å². The van der Waals surface area contributed by atoms with Gasteiger partial charge in [-0.2, -0.15) is 10.2 Å². The number of hydrogen-bond donors (Lipinski definition) is 2. The standard InChI is InChI=1S/C23H20N6O3/c1-28(23(30)31)20-11-17-16(12-24)9-6-10-18(17)29(20)22-26-14-19(32-2)21(27-22)25-13-15-7-4-3-5-8-15/h3-11,14H,13H2,1-2H3,(H,30,31)(H,25,26,27). The van der Waals surface area contributed by atoms with Crippen molar-refractivity contribution in [3.05, 3.63) is 71.9 Å². The Kier molecular flexibility index (Phi) is 5.59. The molecule has 0 unspecified atom stereocenters. The second-order valence-corrected chi connectivity index (χ2v) is 6.96. The minimum atomic E-state index is -1.15. The predicted molar refractivity (Wildman–Crippen MR) is 120 cm³/mol. The number of ether oxygens (including phenoxy) is 1. The molecule has 0 radical (unpaired) electrons. The number of aromatic nitrogens is 3. The normalized spacial score (nSPS) is 10.5. The van der Waals surface area contributed by atoms with Gasteiger partial charge in [0.1, 0.15) is 5.82 Å². The second-order valence-electron chi connectivity index (χ2n) is 6.96. The molecule has 0 fully saturated rings. The number of nitrogens with one attached hydrogen (secondary N) is 1. The number of fused-ring (bicyclic) bond motifs is 1. The largest absolute Gasteiger partial charge is 0.491 e. The first-order valence-electron chi connectivity index (χ1n) is 9.74. The van der Waals surface area contributed by atoms with E-state index in [1.54, 1.807) is 28.8 Å². The average Bonchev–Trinajstić information content (AvgIpc) is 3.22. The van der Waals surface area contributed by atoms with E-state index in [4.69, 9.17) is 4.74 Å². The van der Waals surface area contributed by atoms with E-state index >= 15 is 0 Å². The highest BCUT2D eigenvalue weighted by atomic mass is 16.5. The van der Waals surface area contributed by atoms with Crippen molar-refractivity contribution in [3.8, 4) is 17.8 Å².